The number of aliphatic hydroxyl groups is 1. The number of H-pyrrole nitrogens is 1. The van der Waals surface area contributed by atoms with Gasteiger partial charge in [-0.2, -0.15) is 0 Å². The number of nitrogens with zero attached hydrogens (tertiary/aromatic N) is 3. The molecule has 2 fully saturated rings. The second-order valence-electron chi connectivity index (χ2n) is 8.59. The molecule has 1 aromatic carbocycles. The number of amides is 1. The molecule has 2 aromatic heterocycles. The Morgan fingerprint density at radius 2 is 2.07 bits per heavy atom. The van der Waals surface area contributed by atoms with E-state index in [1.54, 1.807) is 0 Å². The first kappa shape index (κ1) is 18.3. The number of benzene rings is 1. The van der Waals surface area contributed by atoms with Gasteiger partial charge in [0.2, 0.25) is 0 Å². The van der Waals surface area contributed by atoms with E-state index in [-0.39, 0.29) is 23.8 Å². The Bertz CT molecular complexity index is 1060. The number of pyridine rings is 1. The van der Waals surface area contributed by atoms with Crippen LogP contribution in [-0.2, 0) is 6.54 Å². The monoisotopic (exact) mass is 390 g/mol. The number of aryl methyl sites for hydroxylation is 1. The van der Waals surface area contributed by atoms with Crippen LogP contribution in [0.25, 0.3) is 10.9 Å². The van der Waals surface area contributed by atoms with Crippen molar-refractivity contribution in [1.82, 2.24) is 19.8 Å². The number of likely N-dealkylation sites (tertiary alicyclic amines) is 2. The summed E-state index contributed by atoms with van der Waals surface area (Å²) in [6.07, 6.45) is 1.81. The lowest BCUT2D eigenvalue weighted by atomic mass is 9.82. The third kappa shape index (κ3) is 3.12. The van der Waals surface area contributed by atoms with Crippen molar-refractivity contribution in [3.63, 3.8) is 0 Å². The van der Waals surface area contributed by atoms with E-state index in [0.29, 0.717) is 13.1 Å². The summed E-state index contributed by atoms with van der Waals surface area (Å²) in [6.45, 7) is 5.87. The summed E-state index contributed by atoms with van der Waals surface area (Å²) in [5, 5.41) is 11.2. The minimum atomic E-state index is -0.244. The minimum Gasteiger partial charge on any atom is -0.396 e. The van der Waals surface area contributed by atoms with Gasteiger partial charge in [-0.25, -0.2) is 0 Å². The molecule has 0 bridgehead atoms. The van der Waals surface area contributed by atoms with Gasteiger partial charge in [-0.1, -0.05) is 24.3 Å². The average Bonchev–Trinajstić information content (AvgIpc) is 3.38. The molecule has 2 aliphatic heterocycles. The Morgan fingerprint density at radius 3 is 2.86 bits per heavy atom. The van der Waals surface area contributed by atoms with E-state index >= 15 is 0 Å². The molecule has 2 unspecified atom stereocenters. The largest absolute Gasteiger partial charge is 0.396 e. The molecule has 150 valence electrons. The van der Waals surface area contributed by atoms with Crippen molar-refractivity contribution < 1.29 is 9.90 Å². The fourth-order valence-electron chi connectivity index (χ4n) is 5.13. The molecule has 5 rings (SSSR count). The highest BCUT2D eigenvalue weighted by Gasteiger charge is 2.53. The van der Waals surface area contributed by atoms with E-state index in [4.69, 9.17) is 0 Å². The predicted molar refractivity (Wildman–Crippen MR) is 111 cm³/mol. The molecule has 0 saturated carbocycles. The van der Waals surface area contributed by atoms with Crippen LogP contribution in [0.15, 0.2) is 48.7 Å². The van der Waals surface area contributed by atoms with Crippen LogP contribution in [0.1, 0.15) is 21.7 Å². The highest BCUT2D eigenvalue weighted by atomic mass is 16.3. The zero-order valence-corrected chi connectivity index (χ0v) is 16.6. The number of carbonyl (C=O) groups excluding carboxylic acids is 1. The third-order valence-corrected chi connectivity index (χ3v) is 6.58. The zero-order valence-electron chi connectivity index (χ0n) is 16.6. The molecule has 6 heteroatoms. The topological polar surface area (TPSA) is 72.5 Å². The fraction of sp³-hybridized carbons (Fsp3) is 0.391. The number of hydrogen-bond donors (Lipinski definition) is 2. The molecule has 3 aromatic rings. The highest BCUT2D eigenvalue weighted by Crippen LogP contribution is 2.43. The first-order chi connectivity index (χ1) is 14.1. The van der Waals surface area contributed by atoms with E-state index in [9.17, 15) is 9.90 Å². The molecular formula is C23H26N4O2. The Morgan fingerprint density at radius 1 is 1.21 bits per heavy atom. The molecule has 29 heavy (non-hydrogen) atoms. The van der Waals surface area contributed by atoms with Crippen molar-refractivity contribution in [1.29, 1.82) is 0 Å². The van der Waals surface area contributed by atoms with Crippen molar-refractivity contribution in [2.75, 3.05) is 32.8 Å². The van der Waals surface area contributed by atoms with Crippen molar-refractivity contribution in [2.24, 2.45) is 11.3 Å². The van der Waals surface area contributed by atoms with E-state index in [1.165, 1.54) is 0 Å². The lowest BCUT2D eigenvalue weighted by molar-refractivity contribution is 0.0720. The summed E-state index contributed by atoms with van der Waals surface area (Å²) in [4.78, 5) is 25.3. The van der Waals surface area contributed by atoms with Gasteiger partial charge in [0.25, 0.3) is 5.91 Å². The second-order valence-corrected chi connectivity index (χ2v) is 8.59. The van der Waals surface area contributed by atoms with Crippen LogP contribution in [0.4, 0.5) is 0 Å². The van der Waals surface area contributed by atoms with Crippen LogP contribution in [-0.4, -0.2) is 63.6 Å². The number of hydrogen-bond acceptors (Lipinski definition) is 4. The summed E-state index contributed by atoms with van der Waals surface area (Å²) >= 11 is 0. The van der Waals surface area contributed by atoms with Crippen LogP contribution in [0.5, 0.6) is 0 Å². The molecule has 1 amide bonds. The summed E-state index contributed by atoms with van der Waals surface area (Å²) in [7, 11) is 0. The van der Waals surface area contributed by atoms with Crippen molar-refractivity contribution in [3.05, 3.63) is 65.6 Å². The minimum absolute atomic E-state index is 0.0524. The molecular weight excluding hydrogens is 364 g/mol. The second kappa shape index (κ2) is 6.97. The lowest BCUT2D eigenvalue weighted by Crippen LogP contribution is -2.38. The number of para-hydroxylation sites is 1. The summed E-state index contributed by atoms with van der Waals surface area (Å²) in [6, 6.07) is 14.0. The van der Waals surface area contributed by atoms with Crippen LogP contribution in [0, 0.1) is 18.3 Å². The van der Waals surface area contributed by atoms with Crippen molar-refractivity contribution in [2.45, 2.75) is 13.5 Å². The van der Waals surface area contributed by atoms with Crippen LogP contribution < -0.4 is 0 Å². The molecule has 2 N–H and O–H groups in total. The normalized spacial score (nSPS) is 24.3. The van der Waals surface area contributed by atoms with E-state index in [2.05, 4.69) is 20.9 Å². The Labute approximate surface area is 170 Å². The van der Waals surface area contributed by atoms with Gasteiger partial charge in [0.15, 0.2) is 0 Å². The Kier molecular flexibility index (Phi) is 4.41. The Balaban J connectivity index is 1.32. The number of aliphatic hydroxyl groups excluding tert-OH is 1. The van der Waals surface area contributed by atoms with Crippen LogP contribution in [0.3, 0.4) is 0 Å². The molecule has 0 radical (unpaired) electrons. The van der Waals surface area contributed by atoms with Gasteiger partial charge in [0.1, 0.15) is 0 Å². The molecule has 4 heterocycles. The average molecular weight is 390 g/mol. The van der Waals surface area contributed by atoms with Gasteiger partial charge < -0.3 is 15.0 Å². The standard InChI is InChI=1S/C23H26N4O2/c1-16-5-4-6-18(25-16)12-26-10-17-11-27(14-23(17,13-26)15-28)22(29)20-9-24-21-8-3-2-7-19(20)21/h2-9,17,24,28H,10-15H2,1H3. The zero-order chi connectivity index (χ0) is 20.0. The van der Waals surface area contributed by atoms with Gasteiger partial charge in [-0.05, 0) is 31.0 Å². The predicted octanol–water partition coefficient (Wildman–Crippen LogP) is 2.44. The molecule has 2 saturated heterocycles. The first-order valence-corrected chi connectivity index (χ1v) is 10.2. The van der Waals surface area contributed by atoms with Crippen LogP contribution in [0.2, 0.25) is 0 Å². The van der Waals surface area contributed by atoms with Crippen molar-refractivity contribution in [3.8, 4) is 0 Å². The fourth-order valence-corrected chi connectivity index (χ4v) is 5.13. The molecule has 0 aliphatic carbocycles. The maximum Gasteiger partial charge on any atom is 0.256 e. The molecule has 0 spiro atoms. The van der Waals surface area contributed by atoms with Gasteiger partial charge in [-0.3, -0.25) is 14.7 Å². The number of fused-ring (bicyclic) bond motifs is 2. The smallest absolute Gasteiger partial charge is 0.256 e. The summed E-state index contributed by atoms with van der Waals surface area (Å²) < 4.78 is 0. The van der Waals surface area contributed by atoms with Crippen LogP contribution >= 0.6 is 0 Å². The van der Waals surface area contributed by atoms with E-state index in [1.807, 2.05) is 54.4 Å². The summed E-state index contributed by atoms with van der Waals surface area (Å²) in [5.41, 5.74) is 3.53. The number of rotatable bonds is 4. The van der Waals surface area contributed by atoms with Gasteiger partial charge >= 0.3 is 0 Å². The van der Waals surface area contributed by atoms with Gasteiger partial charge in [0.05, 0.1) is 17.9 Å². The van der Waals surface area contributed by atoms with Gasteiger partial charge in [-0.15, -0.1) is 0 Å². The quantitative estimate of drug-likeness (QED) is 0.718. The first-order valence-electron chi connectivity index (χ1n) is 10.2. The van der Waals surface area contributed by atoms with E-state index < -0.39 is 0 Å². The van der Waals surface area contributed by atoms with E-state index in [0.717, 1.165) is 47.5 Å². The van der Waals surface area contributed by atoms with Gasteiger partial charge in [0, 0.05) is 60.9 Å². The lowest BCUT2D eigenvalue weighted by Gasteiger charge is -2.27. The number of aromatic amines is 1. The van der Waals surface area contributed by atoms with Crippen molar-refractivity contribution >= 4 is 16.8 Å². The third-order valence-electron chi connectivity index (χ3n) is 6.58. The molecule has 2 aliphatic rings. The highest BCUT2D eigenvalue weighted by molar-refractivity contribution is 6.06. The Hall–Kier alpha value is -2.70. The number of carbonyl (C=O) groups is 1. The molecule has 6 nitrogen and oxygen atoms in total. The maximum absolute atomic E-state index is 13.2. The number of aromatic nitrogens is 2. The number of nitrogens with one attached hydrogen (secondary N) is 1. The summed E-state index contributed by atoms with van der Waals surface area (Å²) in [5.74, 6) is 0.336. The molecule has 2 atom stereocenters. The maximum atomic E-state index is 13.2. The SMILES string of the molecule is Cc1cccc(CN2CC3CN(C(=O)c4c[nH]c5ccccc45)CC3(CO)C2)n1.